The van der Waals surface area contributed by atoms with Crippen molar-refractivity contribution >= 4 is 12.4 Å². The van der Waals surface area contributed by atoms with E-state index in [4.69, 9.17) is 4.74 Å². The van der Waals surface area contributed by atoms with Crippen LogP contribution in [0, 0.1) is 0 Å². The Balaban J connectivity index is 0.000000345. The Labute approximate surface area is 337 Å². The van der Waals surface area contributed by atoms with Gasteiger partial charge in [-0.25, -0.2) is 0 Å². The van der Waals surface area contributed by atoms with Gasteiger partial charge in [0.2, 0.25) is 0 Å². The van der Waals surface area contributed by atoms with Gasteiger partial charge in [0.15, 0.2) is 0 Å². The largest absolute Gasteiger partial charge is 0.872 e. The predicted molar refractivity (Wildman–Crippen MR) is 220 cm³/mol. The van der Waals surface area contributed by atoms with Gasteiger partial charge in [0, 0.05) is 0 Å². The molecule has 4 aromatic carbocycles. The molecule has 6 rings (SSSR count). The number of nitrogens with zero attached hydrogens (tertiary/aromatic N) is 2. The molecule has 55 heavy (non-hydrogen) atoms. The Kier molecular flexibility index (Phi) is 12.4. The second-order valence-electron chi connectivity index (χ2n) is 19.3. The summed E-state index contributed by atoms with van der Waals surface area (Å²) in [7, 11) is 0. The van der Waals surface area contributed by atoms with E-state index in [1.807, 2.05) is 30.3 Å². The van der Waals surface area contributed by atoms with Gasteiger partial charge >= 0.3 is 257 Å². The van der Waals surface area contributed by atoms with Gasteiger partial charge in [-0.3, -0.25) is 0 Å². The summed E-state index contributed by atoms with van der Waals surface area (Å²) in [5, 5.41) is 33.8. The van der Waals surface area contributed by atoms with E-state index in [0.29, 0.717) is 44.7 Å². The fourth-order valence-electron chi connectivity index (χ4n) is 7.03. The maximum Gasteiger partial charge on any atom is 0.127 e. The van der Waals surface area contributed by atoms with Gasteiger partial charge in [0.05, 0.1) is 0 Å². The molecule has 1 aliphatic carbocycles. The molecule has 295 valence electrons. The van der Waals surface area contributed by atoms with Crippen LogP contribution >= 0.6 is 0 Å². The second kappa shape index (κ2) is 16.2. The third-order valence-corrected chi connectivity index (χ3v) is 12.1. The minimum absolute atomic E-state index is 0.00888. The van der Waals surface area contributed by atoms with Crippen LogP contribution in [0.4, 0.5) is 0 Å². The number of phenolic OH excluding ortho intramolecular Hbond substituents is 2. The van der Waals surface area contributed by atoms with Crippen LogP contribution in [0.25, 0.3) is 0 Å². The summed E-state index contributed by atoms with van der Waals surface area (Å²) in [5.74, 6) is 2.24. The van der Waals surface area contributed by atoms with E-state index in [1.54, 1.807) is 12.1 Å². The Morgan fingerprint density at radius 1 is 0.582 bits per heavy atom. The van der Waals surface area contributed by atoms with E-state index < -0.39 is 0 Å². The molecular formula is C48H63MnN2O4+. The zero-order chi connectivity index (χ0) is 40.5. The summed E-state index contributed by atoms with van der Waals surface area (Å²) >= 11 is 0.376. The summed E-state index contributed by atoms with van der Waals surface area (Å²) in [6.45, 7) is 26.5. The van der Waals surface area contributed by atoms with Gasteiger partial charge in [-0.2, -0.15) is 0 Å². The van der Waals surface area contributed by atoms with Crippen LogP contribution in [-0.2, 0) is 37.1 Å². The molecule has 0 aromatic heterocycles. The number of para-hydroxylation sites is 1. The molecule has 0 amide bonds. The summed E-state index contributed by atoms with van der Waals surface area (Å²) in [6.07, 6.45) is 9.19. The Morgan fingerprint density at radius 3 is 1.36 bits per heavy atom. The number of phenols is 2. The number of benzene rings is 4. The molecule has 2 aliphatic rings. The molecule has 4 aromatic rings. The fourth-order valence-corrected chi connectivity index (χ4v) is 8.87. The smallest absolute Gasteiger partial charge is 0.127 e. The normalized spacial score (nSPS) is 19.2. The Hall–Kier alpha value is -4.06. The average Bonchev–Trinajstić information content (AvgIpc) is 3.43. The third kappa shape index (κ3) is 10.4. The van der Waals surface area contributed by atoms with Crippen LogP contribution in [0.5, 0.6) is 28.7 Å². The quantitative estimate of drug-likeness (QED) is 0.202. The minimum Gasteiger partial charge on any atom is -0.872 e. The maximum atomic E-state index is 11.5. The molecule has 6 nitrogen and oxygen atoms in total. The van der Waals surface area contributed by atoms with E-state index in [0.717, 1.165) is 40.8 Å². The summed E-state index contributed by atoms with van der Waals surface area (Å²) in [4.78, 5) is 0. The standard InChI is InChI=1S/C36H54N2O2.C12H10O2.Mn/c1-33(2,3)25-17-23(31(39)27(19-25)35(7,8)9)21-37-29-15-13-14-16-30(29)38-22-24-18-26(34(4,5)6)20-28(32(24)40)36(10,11)12;13-10-6-8-12(9-7-10)14-11-4-2-1-3-5-11;/h17-22,29-30,39-40H,13-16H2,1-12H3;1-9,13H;/q;;+2/p-1/t29-,30-;;/m1../s1. The first-order valence-electron chi connectivity index (χ1n) is 19.7. The monoisotopic (exact) mass is 786 g/mol. The van der Waals surface area contributed by atoms with Crippen molar-refractivity contribution in [2.24, 2.45) is 0 Å². The predicted octanol–water partition coefficient (Wildman–Crippen LogP) is 10.6. The van der Waals surface area contributed by atoms with E-state index in [9.17, 15) is 15.3 Å². The zero-order valence-electron chi connectivity index (χ0n) is 35.1. The fraction of sp³-hybridized carbons (Fsp3) is 0.458. The van der Waals surface area contributed by atoms with Gasteiger partial charge in [-0.05, 0) is 24.3 Å². The van der Waals surface area contributed by atoms with Crippen LogP contribution in [0.3, 0.4) is 0 Å². The summed E-state index contributed by atoms with van der Waals surface area (Å²) < 4.78 is 10.5. The molecule has 0 bridgehead atoms. The van der Waals surface area contributed by atoms with Crippen molar-refractivity contribution in [2.45, 2.75) is 143 Å². The van der Waals surface area contributed by atoms with Crippen LogP contribution in [0.1, 0.15) is 142 Å². The summed E-state index contributed by atoms with van der Waals surface area (Å²) in [5.41, 5.74) is 5.97. The molecule has 0 spiro atoms. The number of ether oxygens (including phenoxy) is 1. The molecule has 2 fully saturated rings. The maximum absolute atomic E-state index is 11.5. The van der Waals surface area contributed by atoms with Crippen LogP contribution in [0.15, 0.2) is 78.9 Å². The zero-order valence-corrected chi connectivity index (χ0v) is 36.3. The molecular weight excluding hydrogens is 723 g/mol. The van der Waals surface area contributed by atoms with Crippen molar-refractivity contribution < 1.29 is 42.6 Å². The van der Waals surface area contributed by atoms with Crippen molar-refractivity contribution in [2.75, 3.05) is 0 Å². The molecule has 7 heteroatoms. The van der Waals surface area contributed by atoms with Gasteiger partial charge in [0.1, 0.15) is 11.5 Å². The SMILES string of the molecule is CC(C)(C)c1cc(C=[N+]2[Mn][N+](=Cc3cc(C(C)(C)C)cc(C(C)(C)C)c3O)[C@@H]3CCCC[C@H]32)c(O)c(C(C)(C)C)c1.[O-]c1ccc(Oc2ccccc2)cc1. The van der Waals surface area contributed by atoms with E-state index >= 15 is 0 Å². The van der Waals surface area contributed by atoms with Crippen LogP contribution in [0.2, 0.25) is 0 Å². The third-order valence-electron chi connectivity index (χ3n) is 10.5. The van der Waals surface area contributed by atoms with Gasteiger partial charge < -0.3 is 9.84 Å². The van der Waals surface area contributed by atoms with Crippen molar-refractivity contribution in [1.29, 1.82) is 0 Å². The van der Waals surface area contributed by atoms with Gasteiger partial charge in [0.25, 0.3) is 0 Å². The number of rotatable bonds is 4. The first-order chi connectivity index (χ1) is 25.5. The topological polar surface area (TPSA) is 78.8 Å². The van der Waals surface area contributed by atoms with Crippen LogP contribution in [-0.4, -0.2) is 41.9 Å². The van der Waals surface area contributed by atoms with E-state index in [2.05, 4.69) is 127 Å². The first kappa shape index (κ1) is 42.1. The number of fused-ring (bicyclic) bond motifs is 1. The summed E-state index contributed by atoms with van der Waals surface area (Å²) in [6, 6.07) is 25.3. The van der Waals surface area contributed by atoms with Crippen molar-refractivity contribution in [3.05, 3.63) is 112 Å². The molecule has 1 heterocycles. The molecule has 0 unspecified atom stereocenters. The molecule has 2 atom stereocenters. The van der Waals surface area contributed by atoms with Crippen molar-refractivity contribution in [3.8, 4) is 28.7 Å². The molecule has 2 N–H and O–H groups in total. The minimum atomic E-state index is -0.158. The Morgan fingerprint density at radius 2 is 0.982 bits per heavy atom. The van der Waals surface area contributed by atoms with Crippen molar-refractivity contribution in [1.82, 2.24) is 0 Å². The molecule has 1 saturated heterocycles. The molecule has 1 aliphatic heterocycles. The average molecular weight is 787 g/mol. The molecule has 1 saturated carbocycles. The first-order valence-corrected chi connectivity index (χ1v) is 20.8. The number of hydrogen-bond acceptors (Lipinski definition) is 4. The Bertz CT molecular complexity index is 1920. The van der Waals surface area contributed by atoms with E-state index in [-0.39, 0.29) is 27.4 Å². The number of hydrogen-bond donors (Lipinski definition) is 2. The molecule has 0 radical (unpaired) electrons. The second-order valence-corrected chi connectivity index (χ2v) is 20.7. The van der Waals surface area contributed by atoms with Crippen LogP contribution < -0.4 is 9.84 Å². The van der Waals surface area contributed by atoms with Gasteiger partial charge in [-0.1, -0.05) is 30.3 Å². The number of aromatic hydroxyl groups is 2. The van der Waals surface area contributed by atoms with Crippen molar-refractivity contribution in [3.63, 3.8) is 0 Å². The van der Waals surface area contributed by atoms with E-state index in [1.165, 1.54) is 36.1 Å². The van der Waals surface area contributed by atoms with Gasteiger partial charge in [-0.15, -0.1) is 5.75 Å².